The maximum atomic E-state index is 5.21. The van der Waals surface area contributed by atoms with Crippen LogP contribution in [0.2, 0.25) is 0 Å². The Morgan fingerprint density at radius 2 is 0.343 bits per heavy atom. The summed E-state index contributed by atoms with van der Waals surface area (Å²) in [6.07, 6.45) is 11.4. The third kappa shape index (κ3) is 15.4. The van der Waals surface area contributed by atoms with Gasteiger partial charge in [0.2, 0.25) is 0 Å². The Kier molecular flexibility index (Phi) is 21.5. The molecule has 0 aliphatic carbocycles. The van der Waals surface area contributed by atoms with Gasteiger partial charge < -0.3 is 0 Å². The van der Waals surface area contributed by atoms with Crippen molar-refractivity contribution in [1.82, 2.24) is 44.9 Å². The number of aromatic nitrogens is 9. The van der Waals surface area contributed by atoms with Crippen molar-refractivity contribution in [2.24, 2.45) is 0 Å². The Labute approximate surface area is 808 Å². The first-order valence-electron chi connectivity index (χ1n) is 47.2. The Balaban J connectivity index is 0.000000111. The third-order valence-corrected chi connectivity index (χ3v) is 27.0. The molecule has 0 aliphatic rings. The lowest BCUT2D eigenvalue weighted by molar-refractivity contribution is 1.29. The molecule has 0 amide bonds. The molecule has 0 atom stereocenters. The Bertz CT molecular complexity index is 9270. The molecular formula is C131H83N9. The fourth-order valence-electron chi connectivity index (χ4n) is 20.6. The summed E-state index contributed by atoms with van der Waals surface area (Å²) in [6, 6.07) is 165. The van der Waals surface area contributed by atoms with Gasteiger partial charge >= 0.3 is 0 Å². The lowest BCUT2D eigenvalue weighted by Gasteiger charge is -2.18. The lowest BCUT2D eigenvalue weighted by atomic mass is 9.86. The van der Waals surface area contributed by atoms with E-state index in [4.69, 9.17) is 29.9 Å². The standard InChI is InChI=1S/C45H29N3.2C43H27N3/c1-2-11-30(12-3-1)31-20-24-33(25-21-31)44-45(48-41-19-9-8-18-40(41)47-44)34-26-22-32(23-27-34)42-36-14-4-6-16-38(36)43(35-13-10-28-46-29-35)39-17-7-5-15-37(39)42;1-2-14-32-28(11-1)12-9-19-37(32)43-42(45-38-20-7-8-21-39(38)46-43)30-24-22-29(23-25-30)40-33-15-3-5-17-35(33)41(31-13-10-26-44-27-31)36-18-6-4-16-34(36)40;1-2-11-31-26-32(24-19-28(31)10-1)43-42(45-38-17-7-8-18-39(38)46-43)30-22-20-29(21-23-30)40-34-13-3-5-15-36(34)41(33-12-9-25-44-27-33)37-16-6-4-14-35(37)40/h1-29H;2*1-27H. The van der Waals surface area contributed by atoms with Gasteiger partial charge in [0.15, 0.2) is 0 Å². The van der Waals surface area contributed by atoms with Crippen LogP contribution >= 0.6 is 0 Å². The molecule has 0 spiro atoms. The summed E-state index contributed by atoms with van der Waals surface area (Å²) in [7, 11) is 0. The highest BCUT2D eigenvalue weighted by Gasteiger charge is 2.25. The maximum absolute atomic E-state index is 5.21. The molecule has 0 aliphatic heterocycles. The van der Waals surface area contributed by atoms with E-state index in [-0.39, 0.29) is 0 Å². The molecule has 140 heavy (non-hydrogen) atoms. The zero-order valence-electron chi connectivity index (χ0n) is 75.9. The largest absolute Gasteiger partial charge is 0.264 e. The van der Waals surface area contributed by atoms with Gasteiger partial charge in [-0.2, -0.15) is 0 Å². The number of nitrogens with zero attached hydrogens (tertiary/aromatic N) is 9. The molecule has 0 saturated carbocycles. The van der Waals surface area contributed by atoms with Gasteiger partial charge in [-0.1, -0.05) is 406 Å². The van der Waals surface area contributed by atoms with Crippen molar-refractivity contribution in [2.75, 3.05) is 0 Å². The van der Waals surface area contributed by atoms with Crippen LogP contribution < -0.4 is 0 Å². The fourth-order valence-corrected chi connectivity index (χ4v) is 20.6. The van der Waals surface area contributed by atoms with E-state index in [0.717, 1.165) is 134 Å². The number of para-hydroxylation sites is 6. The number of hydrogen-bond acceptors (Lipinski definition) is 9. The molecule has 0 N–H and O–H groups in total. The van der Waals surface area contributed by atoms with Crippen molar-refractivity contribution in [1.29, 1.82) is 0 Å². The van der Waals surface area contributed by atoms with Gasteiger partial charge in [-0.25, -0.2) is 29.9 Å². The van der Waals surface area contributed by atoms with Crippen molar-refractivity contribution in [3.8, 4) is 145 Å². The second kappa shape index (κ2) is 36.2. The summed E-state index contributed by atoms with van der Waals surface area (Å²) >= 11 is 0. The van der Waals surface area contributed by atoms with Gasteiger partial charge in [-0.15, -0.1) is 0 Å². The van der Waals surface area contributed by atoms with Gasteiger partial charge in [0.25, 0.3) is 0 Å². The zero-order chi connectivity index (χ0) is 92.8. The van der Waals surface area contributed by atoms with E-state index in [1.165, 1.54) is 131 Å². The van der Waals surface area contributed by atoms with E-state index in [9.17, 15) is 0 Å². The van der Waals surface area contributed by atoms with Crippen LogP contribution in [0.5, 0.6) is 0 Å². The van der Waals surface area contributed by atoms with E-state index in [1.807, 2.05) is 134 Å². The maximum Gasteiger partial charge on any atom is 0.0979 e. The van der Waals surface area contributed by atoms with E-state index in [1.54, 1.807) is 0 Å². The smallest absolute Gasteiger partial charge is 0.0979 e. The molecule has 27 aromatic rings. The highest BCUT2D eigenvalue weighted by molar-refractivity contribution is 6.25. The summed E-state index contributed by atoms with van der Waals surface area (Å²) in [4.78, 5) is 44.4. The average Bonchev–Trinajstić information content (AvgIpc) is 0.737. The van der Waals surface area contributed by atoms with Gasteiger partial charge in [0, 0.05) is 87.3 Å². The van der Waals surface area contributed by atoms with Gasteiger partial charge in [0.05, 0.1) is 67.3 Å². The Morgan fingerprint density at radius 3 is 0.664 bits per heavy atom. The number of rotatable bonds is 13. The van der Waals surface area contributed by atoms with E-state index >= 15 is 0 Å². The zero-order valence-corrected chi connectivity index (χ0v) is 75.9. The predicted molar refractivity (Wildman–Crippen MR) is 583 cm³/mol. The van der Waals surface area contributed by atoms with Crippen LogP contribution in [0.1, 0.15) is 0 Å². The van der Waals surface area contributed by atoms with Gasteiger partial charge in [0.1, 0.15) is 0 Å². The van der Waals surface area contributed by atoms with Crippen LogP contribution in [0.3, 0.4) is 0 Å². The van der Waals surface area contributed by atoms with Gasteiger partial charge in [-0.3, -0.25) is 15.0 Å². The highest BCUT2D eigenvalue weighted by Crippen LogP contribution is 2.50. The van der Waals surface area contributed by atoms with Crippen molar-refractivity contribution >= 4 is 119 Å². The van der Waals surface area contributed by atoms with Crippen LogP contribution in [-0.2, 0) is 0 Å². The molecule has 6 heterocycles. The summed E-state index contributed by atoms with van der Waals surface area (Å²) in [5, 5.41) is 19.3. The minimum absolute atomic E-state index is 0.870. The molecule has 27 rings (SSSR count). The first kappa shape index (κ1) is 83.0. The molecule has 9 nitrogen and oxygen atoms in total. The second-order valence-electron chi connectivity index (χ2n) is 35.2. The van der Waals surface area contributed by atoms with E-state index in [2.05, 4.69) is 385 Å². The molecule has 0 unspecified atom stereocenters. The van der Waals surface area contributed by atoms with E-state index < -0.39 is 0 Å². The van der Waals surface area contributed by atoms with Crippen molar-refractivity contribution in [3.05, 3.63) is 504 Å². The van der Waals surface area contributed by atoms with Crippen molar-refractivity contribution in [2.45, 2.75) is 0 Å². The topological polar surface area (TPSA) is 116 Å². The van der Waals surface area contributed by atoms with Crippen molar-refractivity contribution < 1.29 is 0 Å². The Morgan fingerprint density at radius 1 is 0.121 bits per heavy atom. The monoisotopic (exact) mass is 1780 g/mol. The minimum Gasteiger partial charge on any atom is -0.264 e. The molecule has 0 saturated heterocycles. The number of hydrogen-bond donors (Lipinski definition) is 0. The molecule has 21 aromatic carbocycles. The van der Waals surface area contributed by atoms with Crippen LogP contribution in [0, 0.1) is 0 Å². The second-order valence-corrected chi connectivity index (χ2v) is 35.2. The van der Waals surface area contributed by atoms with Crippen molar-refractivity contribution in [3.63, 3.8) is 0 Å². The molecule has 9 heteroatoms. The number of fused-ring (bicyclic) bond motifs is 11. The number of pyridine rings is 3. The molecular weight excluding hydrogens is 1700 g/mol. The normalized spacial score (nSPS) is 11.4. The first-order valence-corrected chi connectivity index (χ1v) is 47.2. The molecule has 0 fully saturated rings. The minimum atomic E-state index is 0.870. The van der Waals surface area contributed by atoms with E-state index in [0.29, 0.717) is 0 Å². The average molecular weight is 1780 g/mol. The quantitative estimate of drug-likeness (QED) is 0.104. The summed E-state index contributed by atoms with van der Waals surface area (Å²) in [6.45, 7) is 0. The summed E-state index contributed by atoms with van der Waals surface area (Å²) in [5.74, 6) is 0. The highest BCUT2D eigenvalue weighted by atomic mass is 14.9. The summed E-state index contributed by atoms with van der Waals surface area (Å²) < 4.78 is 0. The fraction of sp³-hybridized carbons (Fsp3) is 0. The van der Waals surface area contributed by atoms with Crippen LogP contribution in [-0.4, -0.2) is 44.9 Å². The molecule has 652 valence electrons. The lowest BCUT2D eigenvalue weighted by Crippen LogP contribution is -1.96. The Hall–Kier alpha value is -18.8. The van der Waals surface area contributed by atoms with Crippen LogP contribution in [0.25, 0.3) is 265 Å². The predicted octanol–water partition coefficient (Wildman–Crippen LogP) is 34.0. The summed E-state index contributed by atoms with van der Waals surface area (Å²) in [5.41, 5.74) is 33.4. The van der Waals surface area contributed by atoms with Crippen LogP contribution in [0.4, 0.5) is 0 Å². The molecule has 6 aromatic heterocycles. The third-order valence-electron chi connectivity index (χ3n) is 27.0. The molecule has 0 bridgehead atoms. The first-order chi connectivity index (χ1) is 69.5. The van der Waals surface area contributed by atoms with Gasteiger partial charge in [-0.05, 0) is 208 Å². The van der Waals surface area contributed by atoms with Crippen LogP contribution in [0.15, 0.2) is 504 Å². The molecule has 0 radical (unpaired) electrons. The number of benzene rings is 21. The SMILES string of the molecule is c1ccc(-c2ccc(-c3nc4ccccc4nc3-c3ccc(-c4c5ccccc5c(-c5cccnc5)c5ccccc45)cc3)cc2)cc1.c1cncc(-c2c3ccccc3c(-c3ccc(-c4nc5ccccc5nc4-c4ccc5ccccc5c4)cc3)c3ccccc23)c1.c1cncc(-c2c3ccccc3c(-c3ccc(-c4nc5ccccc5nc4-c4cccc5ccccc45)cc3)c3ccccc23)c1.